The smallest absolute Gasteiger partial charge is 0.392 e. The van der Waals surface area contributed by atoms with Crippen LogP contribution in [0.2, 0.25) is 0 Å². The molecule has 0 N–H and O–H groups in total. The van der Waals surface area contributed by atoms with E-state index in [2.05, 4.69) is 16.1 Å². The van der Waals surface area contributed by atoms with Crippen molar-refractivity contribution >= 4 is 11.9 Å². The Labute approximate surface area is 115 Å². The molecule has 0 aliphatic rings. The first kappa shape index (κ1) is 19.3. The molecule has 0 aliphatic heterocycles. The molecule has 0 aromatic heterocycles. The van der Waals surface area contributed by atoms with Crippen LogP contribution in [0.1, 0.15) is 19.3 Å². The number of esters is 2. The Kier molecular flexibility index (Phi) is 7.23. The maximum absolute atomic E-state index is 11.8. The number of carbonyl (C=O) groups is 2. The molecule has 0 fully saturated rings. The first-order valence-corrected chi connectivity index (χ1v) is 5.55. The molecule has 0 heterocycles. The zero-order valence-electron chi connectivity index (χ0n) is 10.6. The first-order valence-electron chi connectivity index (χ1n) is 5.55. The summed E-state index contributed by atoms with van der Waals surface area (Å²) in [7, 11) is 0. The molecule has 10 heteroatoms. The van der Waals surface area contributed by atoms with Crippen molar-refractivity contribution in [2.24, 2.45) is 0 Å². The van der Waals surface area contributed by atoms with Crippen LogP contribution in [0.15, 0.2) is 12.2 Å². The summed E-state index contributed by atoms with van der Waals surface area (Å²) >= 11 is 0. The van der Waals surface area contributed by atoms with Gasteiger partial charge in [-0.25, -0.2) is 4.79 Å². The van der Waals surface area contributed by atoms with Gasteiger partial charge in [0, 0.05) is 5.57 Å². The fraction of sp³-hybridized carbons (Fsp3) is 0.636. The molecule has 0 saturated heterocycles. The Balaban J connectivity index is 3.96. The Morgan fingerprint density at radius 1 is 0.857 bits per heavy atom. The molecule has 0 bridgehead atoms. The molecule has 0 aromatic rings. The maximum Gasteiger partial charge on any atom is 0.392 e. The van der Waals surface area contributed by atoms with Crippen LogP contribution in [0.4, 0.5) is 26.3 Å². The second-order valence-corrected chi connectivity index (χ2v) is 3.87. The lowest BCUT2D eigenvalue weighted by Gasteiger charge is -2.10. The molecule has 0 saturated carbocycles. The lowest BCUT2D eigenvalue weighted by atomic mass is 10.2. The molecule has 0 atom stereocenters. The van der Waals surface area contributed by atoms with E-state index >= 15 is 0 Å². The van der Waals surface area contributed by atoms with Gasteiger partial charge in [-0.15, -0.1) is 0 Å². The summed E-state index contributed by atoms with van der Waals surface area (Å²) in [6.07, 6.45) is -12.5. The van der Waals surface area contributed by atoms with Gasteiger partial charge in [0.05, 0.1) is 25.9 Å². The summed E-state index contributed by atoms with van der Waals surface area (Å²) in [5.41, 5.74) is -0.505. The number of hydrogen-bond acceptors (Lipinski definition) is 4. The summed E-state index contributed by atoms with van der Waals surface area (Å²) < 4.78 is 79.0. The molecule has 0 radical (unpaired) electrons. The quantitative estimate of drug-likeness (QED) is 0.411. The normalized spacial score (nSPS) is 11.9. The summed E-state index contributed by atoms with van der Waals surface area (Å²) in [5.74, 6) is -2.40. The van der Waals surface area contributed by atoms with E-state index in [-0.39, 0.29) is 0 Å². The number of ether oxygens (including phenoxy) is 2. The third kappa shape index (κ3) is 11.8. The number of carbonyl (C=O) groups excluding carboxylic acids is 2. The van der Waals surface area contributed by atoms with E-state index in [1.54, 1.807) is 0 Å². The fourth-order valence-corrected chi connectivity index (χ4v) is 0.940. The summed E-state index contributed by atoms with van der Waals surface area (Å²) in [4.78, 5) is 22.2. The number of alkyl halides is 6. The highest BCUT2D eigenvalue weighted by atomic mass is 19.4. The monoisotopic (exact) mass is 322 g/mol. The van der Waals surface area contributed by atoms with Crippen LogP contribution in [0.25, 0.3) is 0 Å². The lowest BCUT2D eigenvalue weighted by molar-refractivity contribution is -0.161. The van der Waals surface area contributed by atoms with Gasteiger partial charge in [-0.3, -0.25) is 4.79 Å². The molecule has 0 spiro atoms. The van der Waals surface area contributed by atoms with Gasteiger partial charge in [0.25, 0.3) is 0 Å². The molecular formula is C11H12F6O4. The maximum atomic E-state index is 11.8. The van der Waals surface area contributed by atoms with Gasteiger partial charge in [-0.2, -0.15) is 26.3 Å². The fourth-order valence-electron chi connectivity index (χ4n) is 0.940. The Bertz CT molecular complexity index is 385. The van der Waals surface area contributed by atoms with Crippen molar-refractivity contribution in [1.82, 2.24) is 0 Å². The van der Waals surface area contributed by atoms with Crippen molar-refractivity contribution in [1.29, 1.82) is 0 Å². The minimum atomic E-state index is -4.50. The van der Waals surface area contributed by atoms with Crippen molar-refractivity contribution in [2.75, 3.05) is 13.2 Å². The summed E-state index contributed by atoms with van der Waals surface area (Å²) in [5, 5.41) is 0. The predicted molar refractivity (Wildman–Crippen MR) is 57.0 cm³/mol. The van der Waals surface area contributed by atoms with Crippen LogP contribution < -0.4 is 0 Å². The zero-order valence-corrected chi connectivity index (χ0v) is 10.6. The van der Waals surface area contributed by atoms with Crippen molar-refractivity contribution in [3.63, 3.8) is 0 Å². The Morgan fingerprint density at radius 2 is 1.29 bits per heavy atom. The third-order valence-corrected chi connectivity index (χ3v) is 1.91. The molecule has 122 valence electrons. The van der Waals surface area contributed by atoms with Crippen LogP contribution in [-0.2, 0) is 19.1 Å². The van der Waals surface area contributed by atoms with E-state index in [1.807, 2.05) is 0 Å². The van der Waals surface area contributed by atoms with Crippen molar-refractivity contribution in [2.45, 2.75) is 31.6 Å². The van der Waals surface area contributed by atoms with Gasteiger partial charge in [-0.1, -0.05) is 6.58 Å². The second kappa shape index (κ2) is 7.89. The van der Waals surface area contributed by atoms with Crippen molar-refractivity contribution < 1.29 is 45.4 Å². The van der Waals surface area contributed by atoms with Crippen LogP contribution in [0.5, 0.6) is 0 Å². The molecule has 0 rings (SSSR count). The van der Waals surface area contributed by atoms with Crippen molar-refractivity contribution in [3.05, 3.63) is 12.2 Å². The first-order chi connectivity index (χ1) is 9.41. The van der Waals surface area contributed by atoms with E-state index in [0.717, 1.165) is 0 Å². The summed E-state index contributed by atoms with van der Waals surface area (Å²) in [6.45, 7) is 1.23. The lowest BCUT2D eigenvalue weighted by Crippen LogP contribution is -2.18. The van der Waals surface area contributed by atoms with Gasteiger partial charge in [0.1, 0.15) is 6.61 Å². The predicted octanol–water partition coefficient (Wildman–Crippen LogP) is 2.92. The van der Waals surface area contributed by atoms with E-state index in [4.69, 9.17) is 0 Å². The van der Waals surface area contributed by atoms with Crippen LogP contribution in [0, 0.1) is 0 Å². The molecule has 0 aromatic carbocycles. The van der Waals surface area contributed by atoms with Gasteiger partial charge in [0.15, 0.2) is 0 Å². The topological polar surface area (TPSA) is 52.6 Å². The summed E-state index contributed by atoms with van der Waals surface area (Å²) in [6, 6.07) is 0. The van der Waals surface area contributed by atoms with Crippen molar-refractivity contribution in [3.8, 4) is 0 Å². The number of rotatable bonds is 7. The molecule has 0 unspecified atom stereocenters. The molecule has 0 aliphatic carbocycles. The average Bonchev–Trinajstić information content (AvgIpc) is 2.24. The molecule has 0 amide bonds. The van der Waals surface area contributed by atoms with Gasteiger partial charge in [0.2, 0.25) is 0 Å². The highest BCUT2D eigenvalue weighted by Gasteiger charge is 2.28. The number of halogens is 6. The standard InChI is InChI=1S/C11H12F6O4/c1-7(9(19)21-5-3-11(15,16)17)6-8(18)20-4-2-10(12,13)14/h1-6H2. The third-order valence-electron chi connectivity index (χ3n) is 1.91. The van der Waals surface area contributed by atoms with E-state index in [0.29, 0.717) is 0 Å². The Morgan fingerprint density at radius 3 is 1.71 bits per heavy atom. The SMILES string of the molecule is C=C(CC(=O)OCCC(F)(F)F)C(=O)OCCC(F)(F)F. The minimum absolute atomic E-state index is 0.505. The number of hydrogen-bond donors (Lipinski definition) is 0. The highest BCUT2D eigenvalue weighted by Crippen LogP contribution is 2.20. The average molecular weight is 322 g/mol. The van der Waals surface area contributed by atoms with Crippen LogP contribution in [0.3, 0.4) is 0 Å². The molecule has 21 heavy (non-hydrogen) atoms. The minimum Gasteiger partial charge on any atom is -0.465 e. The molecule has 4 nitrogen and oxygen atoms in total. The van der Waals surface area contributed by atoms with Gasteiger partial charge >= 0.3 is 24.3 Å². The van der Waals surface area contributed by atoms with Gasteiger partial charge < -0.3 is 9.47 Å². The Hall–Kier alpha value is -1.74. The van der Waals surface area contributed by atoms with Crippen LogP contribution in [-0.4, -0.2) is 37.5 Å². The highest BCUT2D eigenvalue weighted by molar-refractivity contribution is 5.93. The van der Waals surface area contributed by atoms with E-state index in [9.17, 15) is 35.9 Å². The van der Waals surface area contributed by atoms with E-state index in [1.165, 1.54) is 0 Å². The van der Waals surface area contributed by atoms with Gasteiger partial charge in [-0.05, 0) is 0 Å². The van der Waals surface area contributed by atoms with Crippen LogP contribution >= 0.6 is 0 Å². The van der Waals surface area contributed by atoms with E-state index < -0.39 is 62.3 Å². The second-order valence-electron chi connectivity index (χ2n) is 3.87. The molecular weight excluding hydrogens is 310 g/mol. The largest absolute Gasteiger partial charge is 0.465 e. The zero-order chi connectivity index (χ0) is 16.7.